The van der Waals surface area contributed by atoms with E-state index >= 15 is 0 Å². The van der Waals surface area contributed by atoms with Crippen LogP contribution in [0.15, 0.2) is 53.0 Å². The normalized spacial score (nSPS) is 17.3. The second-order valence-corrected chi connectivity index (χ2v) is 8.87. The minimum absolute atomic E-state index is 0.0764. The first kappa shape index (κ1) is 19.7. The van der Waals surface area contributed by atoms with E-state index in [1.54, 1.807) is 12.3 Å². The fourth-order valence-corrected chi connectivity index (χ4v) is 4.56. The molecule has 1 N–H and O–H groups in total. The van der Waals surface area contributed by atoms with Crippen molar-refractivity contribution in [3.8, 4) is 0 Å². The van der Waals surface area contributed by atoms with Gasteiger partial charge < -0.3 is 9.64 Å². The lowest BCUT2D eigenvalue weighted by molar-refractivity contribution is 0.0393. The van der Waals surface area contributed by atoms with E-state index in [0.717, 1.165) is 23.2 Å². The lowest BCUT2D eigenvalue weighted by atomic mass is 10.2. The van der Waals surface area contributed by atoms with Gasteiger partial charge in [-0.05, 0) is 24.3 Å². The largest absolute Gasteiger partial charge is 0.367 e. The van der Waals surface area contributed by atoms with Gasteiger partial charge in [-0.15, -0.1) is 11.3 Å². The zero-order valence-electron chi connectivity index (χ0n) is 15.0. The molecule has 1 aliphatic heterocycles. The van der Waals surface area contributed by atoms with Crippen molar-refractivity contribution in [1.82, 2.24) is 9.97 Å². The van der Waals surface area contributed by atoms with Crippen LogP contribution in [-0.2, 0) is 14.8 Å². The standard InChI is InChI=1S/C18H16F2N4O3S2/c19-14-3-1-12(9-15(14)20)23-29(25,26)13-2-4-17(22-10-13)24-6-7-27-16(11-24)18-21-5-8-28-18/h1-5,8-10,16,23H,6-7,11H2. The van der Waals surface area contributed by atoms with Crippen LogP contribution in [0.4, 0.5) is 20.3 Å². The van der Waals surface area contributed by atoms with Gasteiger partial charge in [-0.3, -0.25) is 4.72 Å². The summed E-state index contributed by atoms with van der Waals surface area (Å²) in [5.74, 6) is -1.58. The number of ether oxygens (including phenoxy) is 1. The monoisotopic (exact) mass is 438 g/mol. The summed E-state index contributed by atoms with van der Waals surface area (Å²) >= 11 is 1.51. The van der Waals surface area contributed by atoms with Crippen molar-refractivity contribution in [3.05, 3.63) is 64.7 Å². The molecule has 4 rings (SSSR count). The first-order valence-electron chi connectivity index (χ1n) is 8.62. The van der Waals surface area contributed by atoms with Crippen molar-refractivity contribution in [2.75, 3.05) is 29.3 Å². The van der Waals surface area contributed by atoms with Crippen LogP contribution in [0.2, 0.25) is 0 Å². The third-order valence-corrected chi connectivity index (χ3v) is 6.55. The molecule has 0 spiro atoms. The molecule has 0 radical (unpaired) electrons. The zero-order valence-corrected chi connectivity index (χ0v) is 16.6. The van der Waals surface area contributed by atoms with Gasteiger partial charge in [-0.2, -0.15) is 0 Å². The Balaban J connectivity index is 1.48. The molecule has 3 heterocycles. The summed E-state index contributed by atoms with van der Waals surface area (Å²) in [6.07, 6.45) is 2.79. The number of sulfonamides is 1. The Labute approximate surface area is 170 Å². The lowest BCUT2D eigenvalue weighted by Gasteiger charge is -2.32. The maximum absolute atomic E-state index is 13.3. The summed E-state index contributed by atoms with van der Waals surface area (Å²) in [5.41, 5.74) is -0.0764. The number of nitrogens with one attached hydrogen (secondary N) is 1. The van der Waals surface area contributed by atoms with Crippen LogP contribution in [-0.4, -0.2) is 38.1 Å². The fourth-order valence-electron chi connectivity index (χ4n) is 2.89. The predicted molar refractivity (Wildman–Crippen MR) is 104 cm³/mol. The highest BCUT2D eigenvalue weighted by molar-refractivity contribution is 7.92. The number of hydrogen-bond acceptors (Lipinski definition) is 7. The molecular weight excluding hydrogens is 422 g/mol. The molecule has 7 nitrogen and oxygen atoms in total. The summed E-state index contributed by atoms with van der Waals surface area (Å²) < 4.78 is 59.3. The topological polar surface area (TPSA) is 84.4 Å². The van der Waals surface area contributed by atoms with Crippen LogP contribution < -0.4 is 9.62 Å². The molecule has 1 fully saturated rings. The van der Waals surface area contributed by atoms with Crippen molar-refractivity contribution in [1.29, 1.82) is 0 Å². The van der Waals surface area contributed by atoms with E-state index in [2.05, 4.69) is 14.7 Å². The molecule has 1 unspecified atom stereocenters. The Morgan fingerprint density at radius 1 is 1.17 bits per heavy atom. The summed E-state index contributed by atoms with van der Waals surface area (Å²) in [5, 5.41) is 2.76. The van der Waals surface area contributed by atoms with Gasteiger partial charge in [-0.25, -0.2) is 27.2 Å². The Kier molecular flexibility index (Phi) is 5.43. The number of hydrogen-bond donors (Lipinski definition) is 1. The van der Waals surface area contributed by atoms with E-state index in [1.807, 2.05) is 10.3 Å². The molecule has 29 heavy (non-hydrogen) atoms. The second kappa shape index (κ2) is 8.01. The van der Waals surface area contributed by atoms with Gasteiger partial charge in [-0.1, -0.05) is 0 Å². The Morgan fingerprint density at radius 3 is 2.72 bits per heavy atom. The van der Waals surface area contributed by atoms with Gasteiger partial charge in [0.25, 0.3) is 10.0 Å². The van der Waals surface area contributed by atoms with E-state index in [-0.39, 0.29) is 16.7 Å². The minimum Gasteiger partial charge on any atom is -0.367 e. The number of anilines is 2. The second-order valence-electron chi connectivity index (χ2n) is 6.26. The average molecular weight is 438 g/mol. The third-order valence-electron chi connectivity index (χ3n) is 4.32. The van der Waals surface area contributed by atoms with Gasteiger partial charge >= 0.3 is 0 Å². The molecule has 1 aromatic carbocycles. The molecule has 152 valence electrons. The molecule has 2 aromatic heterocycles. The van der Waals surface area contributed by atoms with Crippen LogP contribution in [0.1, 0.15) is 11.1 Å². The number of thiazole rings is 1. The van der Waals surface area contributed by atoms with Crippen LogP contribution in [0, 0.1) is 11.6 Å². The molecule has 1 saturated heterocycles. The molecule has 3 aromatic rings. The van der Waals surface area contributed by atoms with Crippen molar-refractivity contribution in [2.24, 2.45) is 0 Å². The molecular formula is C18H16F2N4O3S2. The Bertz CT molecular complexity index is 1090. The number of halogens is 2. The third kappa shape index (κ3) is 4.36. The lowest BCUT2D eigenvalue weighted by Crippen LogP contribution is -2.38. The smallest absolute Gasteiger partial charge is 0.263 e. The first-order chi connectivity index (χ1) is 13.9. The highest BCUT2D eigenvalue weighted by Crippen LogP contribution is 2.27. The van der Waals surface area contributed by atoms with Crippen molar-refractivity contribution < 1.29 is 21.9 Å². The molecule has 0 amide bonds. The van der Waals surface area contributed by atoms with Crippen molar-refractivity contribution in [3.63, 3.8) is 0 Å². The number of rotatable bonds is 5. The summed E-state index contributed by atoms with van der Waals surface area (Å²) in [7, 11) is -3.99. The van der Waals surface area contributed by atoms with Crippen LogP contribution in [0.25, 0.3) is 0 Å². The minimum atomic E-state index is -3.99. The van der Waals surface area contributed by atoms with E-state index in [0.29, 0.717) is 25.5 Å². The van der Waals surface area contributed by atoms with Gasteiger partial charge in [0, 0.05) is 30.4 Å². The molecule has 11 heteroatoms. The van der Waals surface area contributed by atoms with Gasteiger partial charge in [0.1, 0.15) is 21.8 Å². The summed E-state index contributed by atoms with van der Waals surface area (Å²) in [6.45, 7) is 1.68. The van der Waals surface area contributed by atoms with E-state index < -0.39 is 21.7 Å². The average Bonchev–Trinajstić information content (AvgIpc) is 3.26. The van der Waals surface area contributed by atoms with Gasteiger partial charge in [0.15, 0.2) is 11.6 Å². The fraction of sp³-hybridized carbons (Fsp3) is 0.222. The van der Waals surface area contributed by atoms with Crippen LogP contribution in [0.3, 0.4) is 0 Å². The quantitative estimate of drug-likeness (QED) is 0.659. The van der Waals surface area contributed by atoms with Crippen LogP contribution in [0.5, 0.6) is 0 Å². The van der Waals surface area contributed by atoms with E-state index in [4.69, 9.17) is 4.74 Å². The number of pyridine rings is 1. The summed E-state index contributed by atoms with van der Waals surface area (Å²) in [4.78, 5) is 10.4. The Morgan fingerprint density at radius 2 is 2.03 bits per heavy atom. The molecule has 0 saturated carbocycles. The predicted octanol–water partition coefficient (Wildman–Crippen LogP) is 3.20. The number of benzene rings is 1. The molecule has 0 bridgehead atoms. The maximum Gasteiger partial charge on any atom is 0.263 e. The highest BCUT2D eigenvalue weighted by Gasteiger charge is 2.25. The first-order valence-corrected chi connectivity index (χ1v) is 11.0. The van der Waals surface area contributed by atoms with Crippen molar-refractivity contribution >= 4 is 32.9 Å². The van der Waals surface area contributed by atoms with E-state index in [1.165, 1.54) is 23.6 Å². The molecule has 0 aliphatic carbocycles. The van der Waals surface area contributed by atoms with Gasteiger partial charge in [0.05, 0.1) is 18.8 Å². The maximum atomic E-state index is 13.3. The van der Waals surface area contributed by atoms with Crippen LogP contribution >= 0.6 is 11.3 Å². The van der Waals surface area contributed by atoms with Gasteiger partial charge in [0.2, 0.25) is 0 Å². The summed E-state index contributed by atoms with van der Waals surface area (Å²) in [6, 6.07) is 5.79. The zero-order chi connectivity index (χ0) is 20.4. The Hall–Kier alpha value is -2.63. The highest BCUT2D eigenvalue weighted by atomic mass is 32.2. The number of morpholine rings is 1. The molecule has 1 atom stereocenters. The number of nitrogens with zero attached hydrogens (tertiary/aromatic N) is 3. The number of aromatic nitrogens is 2. The molecule has 1 aliphatic rings. The SMILES string of the molecule is O=S(=O)(Nc1ccc(F)c(F)c1)c1ccc(N2CCOC(c3nccs3)C2)nc1. The van der Waals surface area contributed by atoms with E-state index in [9.17, 15) is 17.2 Å². The van der Waals surface area contributed by atoms with Crippen molar-refractivity contribution in [2.45, 2.75) is 11.0 Å².